The summed E-state index contributed by atoms with van der Waals surface area (Å²) in [5.74, 6) is -0.0484. The zero-order chi connectivity index (χ0) is 21.3. The van der Waals surface area contributed by atoms with E-state index in [-0.39, 0.29) is 17.3 Å². The van der Waals surface area contributed by atoms with Gasteiger partial charge >= 0.3 is 0 Å². The first-order valence-corrected chi connectivity index (χ1v) is 11.0. The van der Waals surface area contributed by atoms with Crippen LogP contribution < -0.4 is 9.46 Å². The molecule has 1 heterocycles. The summed E-state index contributed by atoms with van der Waals surface area (Å²) >= 11 is 0. The first kappa shape index (κ1) is 20.6. The Kier molecular flexibility index (Phi) is 5.66. The van der Waals surface area contributed by atoms with E-state index >= 15 is 0 Å². The first-order valence-electron chi connectivity index (χ1n) is 9.82. The van der Waals surface area contributed by atoms with Crippen LogP contribution in [0.1, 0.15) is 28.8 Å². The lowest BCUT2D eigenvalue weighted by atomic mass is 10.0. The Morgan fingerprint density at radius 1 is 1.07 bits per heavy atom. The molecule has 1 saturated heterocycles. The largest absolute Gasteiger partial charge is 0.496 e. The number of ether oxygens (including phenoxy) is 1. The molecule has 2 aromatic carbocycles. The van der Waals surface area contributed by atoms with E-state index in [0.29, 0.717) is 30.1 Å². The van der Waals surface area contributed by atoms with Crippen molar-refractivity contribution in [2.45, 2.75) is 18.4 Å². The number of amides is 1. The summed E-state index contributed by atoms with van der Waals surface area (Å²) in [5.41, 5.74) is 1.84. The Morgan fingerprint density at radius 2 is 1.73 bits per heavy atom. The molecular weight excluding hydrogens is 409 g/mol. The van der Waals surface area contributed by atoms with E-state index in [1.807, 2.05) is 12.1 Å². The summed E-state index contributed by atoms with van der Waals surface area (Å²) in [6.45, 7) is 2.64. The molecule has 9 heteroatoms. The third-order valence-corrected chi connectivity index (χ3v) is 6.37. The number of carbonyl (C=O) groups excluding carboxylic acids is 1. The van der Waals surface area contributed by atoms with Crippen LogP contribution in [0.25, 0.3) is 0 Å². The van der Waals surface area contributed by atoms with Crippen LogP contribution in [-0.4, -0.2) is 57.4 Å². The van der Waals surface area contributed by atoms with Crippen LogP contribution in [0.5, 0.6) is 5.75 Å². The van der Waals surface area contributed by atoms with Crippen LogP contribution in [-0.2, 0) is 16.4 Å². The Hall–Kier alpha value is -2.65. The molecule has 2 aromatic rings. The van der Waals surface area contributed by atoms with Gasteiger partial charge in [0.15, 0.2) is 0 Å². The van der Waals surface area contributed by atoms with Gasteiger partial charge in [0.1, 0.15) is 11.6 Å². The Labute approximate surface area is 176 Å². The molecule has 0 aromatic heterocycles. The number of hydrogen-bond acceptors (Lipinski definition) is 5. The van der Waals surface area contributed by atoms with E-state index in [0.717, 1.165) is 31.5 Å². The number of anilines is 1. The van der Waals surface area contributed by atoms with Gasteiger partial charge in [0.2, 0.25) is 10.9 Å². The van der Waals surface area contributed by atoms with Crippen LogP contribution in [0.15, 0.2) is 42.5 Å². The number of halogens is 1. The van der Waals surface area contributed by atoms with Gasteiger partial charge in [0.05, 0.1) is 18.4 Å². The molecule has 30 heavy (non-hydrogen) atoms. The molecule has 1 N–H and O–H groups in total. The van der Waals surface area contributed by atoms with E-state index in [1.165, 1.54) is 25.3 Å². The van der Waals surface area contributed by atoms with Gasteiger partial charge in [-0.05, 0) is 42.7 Å². The molecule has 2 fully saturated rings. The van der Waals surface area contributed by atoms with Crippen molar-refractivity contribution in [3.05, 3.63) is 59.4 Å². The SMILES string of the molecule is COc1cc(N[SH](=O)=O)ccc1C(=O)N1CCN(C2(c3ccc(F)cc3)CC2)CC1. The van der Waals surface area contributed by atoms with E-state index < -0.39 is 10.9 Å². The zero-order valence-electron chi connectivity index (χ0n) is 16.6. The molecule has 1 aliphatic carbocycles. The number of rotatable bonds is 6. The van der Waals surface area contributed by atoms with Crippen molar-refractivity contribution in [1.29, 1.82) is 0 Å². The molecule has 0 bridgehead atoms. The van der Waals surface area contributed by atoms with Crippen LogP contribution in [0.4, 0.5) is 10.1 Å². The van der Waals surface area contributed by atoms with Crippen LogP contribution in [0, 0.1) is 5.82 Å². The predicted octanol–water partition coefficient (Wildman–Crippen LogP) is 2.22. The molecule has 7 nitrogen and oxygen atoms in total. The minimum atomic E-state index is -2.79. The summed E-state index contributed by atoms with van der Waals surface area (Å²) in [4.78, 5) is 17.2. The summed E-state index contributed by atoms with van der Waals surface area (Å²) in [6, 6.07) is 11.3. The van der Waals surface area contributed by atoms with Gasteiger partial charge in [0.25, 0.3) is 5.91 Å². The minimum absolute atomic E-state index is 0.0388. The lowest BCUT2D eigenvalue weighted by Gasteiger charge is -2.40. The number of nitrogens with zero attached hydrogens (tertiary/aromatic N) is 2. The molecule has 160 valence electrons. The average molecular weight is 434 g/mol. The van der Waals surface area contributed by atoms with Gasteiger partial charge in [-0.3, -0.25) is 14.4 Å². The number of benzene rings is 2. The molecule has 1 saturated carbocycles. The third kappa shape index (κ3) is 3.99. The smallest absolute Gasteiger partial charge is 0.257 e. The van der Waals surface area contributed by atoms with E-state index in [4.69, 9.17) is 4.74 Å². The van der Waals surface area contributed by atoms with Crippen molar-refractivity contribution in [2.24, 2.45) is 0 Å². The van der Waals surface area contributed by atoms with Crippen molar-refractivity contribution < 1.29 is 22.3 Å². The Morgan fingerprint density at radius 3 is 2.30 bits per heavy atom. The van der Waals surface area contributed by atoms with Gasteiger partial charge in [-0.25, -0.2) is 12.8 Å². The van der Waals surface area contributed by atoms with E-state index in [2.05, 4.69) is 9.62 Å². The number of methoxy groups -OCH3 is 1. The van der Waals surface area contributed by atoms with Crippen molar-refractivity contribution in [1.82, 2.24) is 9.80 Å². The first-order chi connectivity index (χ1) is 14.4. The summed E-state index contributed by atoms with van der Waals surface area (Å²) in [5, 5.41) is 0. The van der Waals surface area contributed by atoms with Crippen molar-refractivity contribution in [3.63, 3.8) is 0 Å². The third-order valence-electron chi connectivity index (χ3n) is 5.93. The minimum Gasteiger partial charge on any atom is -0.496 e. The fourth-order valence-electron chi connectivity index (χ4n) is 4.22. The lowest BCUT2D eigenvalue weighted by molar-refractivity contribution is 0.0528. The highest BCUT2D eigenvalue weighted by atomic mass is 32.2. The second-order valence-corrected chi connectivity index (χ2v) is 8.34. The highest BCUT2D eigenvalue weighted by molar-refractivity contribution is 7.73. The van der Waals surface area contributed by atoms with Crippen LogP contribution in [0.2, 0.25) is 0 Å². The standard InChI is InChI=1S/C21H24FN3O4S/c1-29-19-14-17(23-30(27)28)6-7-18(19)20(26)24-10-12-25(13-11-24)21(8-9-21)15-2-4-16(22)5-3-15/h2-7,14,30H,8-13H2,1H3,(H,23,27,28). The maximum atomic E-state index is 13.3. The Bertz CT molecular complexity index is 1010. The second kappa shape index (κ2) is 8.23. The predicted molar refractivity (Wildman–Crippen MR) is 112 cm³/mol. The quantitative estimate of drug-likeness (QED) is 0.683. The molecule has 4 rings (SSSR count). The monoisotopic (exact) mass is 433 g/mol. The molecule has 2 aliphatic rings. The molecule has 0 radical (unpaired) electrons. The maximum absolute atomic E-state index is 13.3. The summed E-state index contributed by atoms with van der Waals surface area (Å²) in [6.07, 6.45) is 2.08. The molecule has 0 unspecified atom stereocenters. The Balaban J connectivity index is 1.44. The van der Waals surface area contributed by atoms with Gasteiger partial charge in [0, 0.05) is 37.8 Å². The van der Waals surface area contributed by atoms with Crippen molar-refractivity contribution in [2.75, 3.05) is 38.0 Å². The number of piperazine rings is 1. The highest BCUT2D eigenvalue weighted by Crippen LogP contribution is 2.51. The van der Waals surface area contributed by atoms with Crippen molar-refractivity contribution in [3.8, 4) is 5.75 Å². The number of carbonyl (C=O) groups is 1. The fourth-order valence-corrected chi connectivity index (χ4v) is 4.57. The maximum Gasteiger partial charge on any atom is 0.257 e. The normalized spacial score (nSPS) is 18.3. The van der Waals surface area contributed by atoms with E-state index in [1.54, 1.807) is 17.0 Å². The molecular formula is C21H24FN3O4S. The number of thiol groups is 1. The topological polar surface area (TPSA) is 78.9 Å². The fraction of sp³-hybridized carbons (Fsp3) is 0.381. The molecule has 1 amide bonds. The summed E-state index contributed by atoms with van der Waals surface area (Å²) < 4.78 is 42.6. The number of hydrogen-bond donors (Lipinski definition) is 2. The second-order valence-electron chi connectivity index (χ2n) is 7.60. The van der Waals surface area contributed by atoms with Gasteiger partial charge in [-0.15, -0.1) is 0 Å². The lowest BCUT2D eigenvalue weighted by Crippen LogP contribution is -2.52. The van der Waals surface area contributed by atoms with Gasteiger partial charge in [-0.1, -0.05) is 12.1 Å². The van der Waals surface area contributed by atoms with Crippen LogP contribution >= 0.6 is 0 Å². The highest BCUT2D eigenvalue weighted by Gasteiger charge is 2.50. The molecule has 0 atom stereocenters. The van der Waals surface area contributed by atoms with E-state index in [9.17, 15) is 17.6 Å². The zero-order valence-corrected chi connectivity index (χ0v) is 17.5. The van der Waals surface area contributed by atoms with Gasteiger partial charge in [-0.2, -0.15) is 0 Å². The van der Waals surface area contributed by atoms with Crippen LogP contribution in [0.3, 0.4) is 0 Å². The number of nitrogens with one attached hydrogen (secondary N) is 1. The van der Waals surface area contributed by atoms with Gasteiger partial charge < -0.3 is 9.64 Å². The summed E-state index contributed by atoms with van der Waals surface area (Å²) in [7, 11) is -1.34. The van der Waals surface area contributed by atoms with Crippen molar-refractivity contribution >= 4 is 22.5 Å². The molecule has 1 aliphatic heterocycles. The molecule has 0 spiro atoms. The average Bonchev–Trinajstić information content (AvgIpc) is 3.55.